The summed E-state index contributed by atoms with van der Waals surface area (Å²) in [5.41, 5.74) is 1.64. The Balaban J connectivity index is 1.54. The van der Waals surface area contributed by atoms with E-state index in [1.165, 1.54) is 10.7 Å². The second kappa shape index (κ2) is 7.20. The lowest BCUT2D eigenvalue weighted by Crippen LogP contribution is -2.41. The molecule has 2 aromatic heterocycles. The number of rotatable bonds is 4. The second-order valence-electron chi connectivity index (χ2n) is 8.15. The maximum atomic E-state index is 11.9. The Kier molecular flexibility index (Phi) is 4.84. The molecule has 1 saturated heterocycles. The Bertz CT molecular complexity index is 1060. The van der Waals surface area contributed by atoms with Crippen molar-refractivity contribution in [3.63, 3.8) is 0 Å². The fraction of sp³-hybridized carbons (Fsp3) is 0.333. The summed E-state index contributed by atoms with van der Waals surface area (Å²) in [6.45, 7) is 8.45. The van der Waals surface area contributed by atoms with Crippen LogP contribution in [0.25, 0.3) is 11.4 Å². The van der Waals surface area contributed by atoms with E-state index in [4.69, 9.17) is 9.31 Å². The van der Waals surface area contributed by atoms with Crippen LogP contribution in [-0.4, -0.2) is 38.1 Å². The fourth-order valence-electron chi connectivity index (χ4n) is 3.08. The summed E-state index contributed by atoms with van der Waals surface area (Å²) in [6, 6.07) is 10.9. The van der Waals surface area contributed by atoms with Gasteiger partial charge < -0.3 is 9.31 Å². The highest BCUT2D eigenvalue weighted by atomic mass is 16.7. The van der Waals surface area contributed by atoms with Gasteiger partial charge in [-0.3, -0.25) is 4.79 Å². The minimum absolute atomic E-state index is 0.138. The van der Waals surface area contributed by atoms with Crippen molar-refractivity contribution in [1.29, 1.82) is 0 Å². The molecule has 0 N–H and O–H groups in total. The molecule has 4 rings (SSSR count). The Morgan fingerprint density at radius 1 is 1.00 bits per heavy atom. The van der Waals surface area contributed by atoms with Crippen LogP contribution in [0.5, 0.6) is 0 Å². The van der Waals surface area contributed by atoms with Crippen molar-refractivity contribution in [1.82, 2.24) is 19.7 Å². The van der Waals surface area contributed by atoms with Crippen LogP contribution in [0.4, 0.5) is 0 Å². The maximum absolute atomic E-state index is 11.9. The lowest BCUT2D eigenvalue weighted by Gasteiger charge is -2.32. The van der Waals surface area contributed by atoms with Gasteiger partial charge in [0.25, 0.3) is 5.56 Å². The van der Waals surface area contributed by atoms with Crippen molar-refractivity contribution in [2.45, 2.75) is 45.4 Å². The first-order valence-corrected chi connectivity index (χ1v) is 9.54. The van der Waals surface area contributed by atoms with E-state index in [1.54, 1.807) is 24.7 Å². The number of hydrogen-bond donors (Lipinski definition) is 0. The van der Waals surface area contributed by atoms with Gasteiger partial charge in [-0.2, -0.15) is 5.10 Å². The third-order valence-electron chi connectivity index (χ3n) is 5.50. The average Bonchev–Trinajstić information content (AvgIpc) is 2.91. The summed E-state index contributed by atoms with van der Waals surface area (Å²) >= 11 is 0. The van der Waals surface area contributed by atoms with Gasteiger partial charge in [0.1, 0.15) is 0 Å². The zero-order valence-corrected chi connectivity index (χ0v) is 17.0. The molecule has 1 fully saturated rings. The highest BCUT2D eigenvalue weighted by Crippen LogP contribution is 2.36. The predicted molar refractivity (Wildman–Crippen MR) is 111 cm³/mol. The molecule has 0 bridgehead atoms. The lowest BCUT2D eigenvalue weighted by atomic mass is 9.81. The standard InChI is InChI=1S/C21H23BN4O3/c1-20(2)21(3,4)29-22(28-20)17-12-23-19(24-13-17)16-8-5-7-15(11-16)14-26-18(27)9-6-10-25-26/h5-13H,14H2,1-4H3. The van der Waals surface area contributed by atoms with Gasteiger partial charge in [0.15, 0.2) is 5.82 Å². The van der Waals surface area contributed by atoms with Crippen LogP contribution in [0.1, 0.15) is 33.3 Å². The molecule has 29 heavy (non-hydrogen) atoms. The minimum atomic E-state index is -0.489. The summed E-state index contributed by atoms with van der Waals surface area (Å²) in [5, 5.41) is 4.10. The van der Waals surface area contributed by atoms with Crippen LogP contribution in [0, 0.1) is 0 Å². The predicted octanol–water partition coefficient (Wildman–Crippen LogP) is 2.05. The molecule has 0 aliphatic carbocycles. The highest BCUT2D eigenvalue weighted by Gasteiger charge is 2.51. The molecular weight excluding hydrogens is 367 g/mol. The highest BCUT2D eigenvalue weighted by molar-refractivity contribution is 6.61. The number of benzene rings is 1. The summed E-state index contributed by atoms with van der Waals surface area (Å²) in [6.07, 6.45) is 5.07. The molecule has 0 saturated carbocycles. The number of nitrogens with zero attached hydrogens (tertiary/aromatic N) is 4. The van der Waals surface area contributed by atoms with Crippen molar-refractivity contribution < 1.29 is 9.31 Å². The van der Waals surface area contributed by atoms with Gasteiger partial charge in [0.05, 0.1) is 17.7 Å². The van der Waals surface area contributed by atoms with Crippen LogP contribution < -0.4 is 11.0 Å². The monoisotopic (exact) mass is 390 g/mol. The molecule has 0 atom stereocenters. The van der Waals surface area contributed by atoms with E-state index >= 15 is 0 Å². The van der Waals surface area contributed by atoms with Gasteiger partial charge in [-0.25, -0.2) is 14.6 Å². The third-order valence-corrected chi connectivity index (χ3v) is 5.50. The zero-order valence-electron chi connectivity index (χ0n) is 17.0. The first-order chi connectivity index (χ1) is 13.7. The van der Waals surface area contributed by atoms with E-state index in [0.29, 0.717) is 12.4 Å². The van der Waals surface area contributed by atoms with Crippen molar-refractivity contribution in [3.8, 4) is 11.4 Å². The van der Waals surface area contributed by atoms with E-state index in [-0.39, 0.29) is 5.56 Å². The maximum Gasteiger partial charge on any atom is 0.498 e. The first kappa shape index (κ1) is 19.5. The number of hydrogen-bond acceptors (Lipinski definition) is 6. The van der Waals surface area contributed by atoms with E-state index in [2.05, 4.69) is 15.1 Å². The van der Waals surface area contributed by atoms with Gasteiger partial charge in [-0.05, 0) is 45.4 Å². The summed E-state index contributed by atoms with van der Waals surface area (Å²) in [4.78, 5) is 20.9. The SMILES string of the molecule is CC1(C)OB(c2cnc(-c3cccc(Cn4ncccc4=O)c3)nc2)OC1(C)C. The molecular formula is C21H23BN4O3. The molecule has 1 aromatic carbocycles. The van der Waals surface area contributed by atoms with Crippen molar-refractivity contribution >= 4 is 12.6 Å². The normalized spacial score (nSPS) is 17.4. The molecule has 3 aromatic rings. The Labute approximate surface area is 169 Å². The van der Waals surface area contributed by atoms with E-state index < -0.39 is 18.3 Å². The molecule has 1 aliphatic heterocycles. The number of aromatic nitrogens is 4. The van der Waals surface area contributed by atoms with Crippen molar-refractivity contribution in [2.75, 3.05) is 0 Å². The van der Waals surface area contributed by atoms with E-state index in [9.17, 15) is 4.79 Å². The average molecular weight is 390 g/mol. The molecule has 3 heterocycles. The first-order valence-electron chi connectivity index (χ1n) is 9.54. The molecule has 0 unspecified atom stereocenters. The Hall–Kier alpha value is -2.84. The van der Waals surface area contributed by atoms with Crippen LogP contribution in [-0.2, 0) is 15.9 Å². The Morgan fingerprint density at radius 3 is 2.34 bits per heavy atom. The second-order valence-corrected chi connectivity index (χ2v) is 8.15. The van der Waals surface area contributed by atoms with Crippen LogP contribution in [0.15, 0.2) is 59.8 Å². The molecule has 8 heteroatoms. The molecule has 0 radical (unpaired) electrons. The van der Waals surface area contributed by atoms with E-state index in [0.717, 1.165) is 16.6 Å². The summed E-state index contributed by atoms with van der Waals surface area (Å²) < 4.78 is 13.5. The van der Waals surface area contributed by atoms with Crippen molar-refractivity contribution in [2.24, 2.45) is 0 Å². The van der Waals surface area contributed by atoms with Gasteiger partial charge in [0, 0.05) is 35.7 Å². The summed E-state index contributed by atoms with van der Waals surface area (Å²) in [7, 11) is -0.489. The topological polar surface area (TPSA) is 79.1 Å². The van der Waals surface area contributed by atoms with Crippen LogP contribution in [0.2, 0.25) is 0 Å². The Morgan fingerprint density at radius 2 is 1.69 bits per heavy atom. The molecule has 0 spiro atoms. The molecule has 7 nitrogen and oxygen atoms in total. The molecule has 1 aliphatic rings. The third kappa shape index (κ3) is 3.86. The van der Waals surface area contributed by atoms with Crippen LogP contribution >= 0.6 is 0 Å². The minimum Gasteiger partial charge on any atom is -0.399 e. The van der Waals surface area contributed by atoms with Crippen LogP contribution in [0.3, 0.4) is 0 Å². The lowest BCUT2D eigenvalue weighted by molar-refractivity contribution is 0.00578. The van der Waals surface area contributed by atoms with Gasteiger partial charge in [-0.15, -0.1) is 0 Å². The quantitative estimate of drug-likeness (QED) is 0.635. The van der Waals surface area contributed by atoms with Gasteiger partial charge in [-0.1, -0.05) is 18.2 Å². The smallest absolute Gasteiger partial charge is 0.399 e. The largest absolute Gasteiger partial charge is 0.498 e. The summed E-state index contributed by atoms with van der Waals surface area (Å²) in [5.74, 6) is 0.598. The zero-order chi connectivity index (χ0) is 20.6. The molecule has 148 valence electrons. The van der Waals surface area contributed by atoms with Gasteiger partial charge >= 0.3 is 7.12 Å². The van der Waals surface area contributed by atoms with E-state index in [1.807, 2.05) is 52.0 Å². The fourth-order valence-corrected chi connectivity index (χ4v) is 3.08. The molecule has 0 amide bonds. The van der Waals surface area contributed by atoms with Crippen molar-refractivity contribution in [3.05, 3.63) is 70.9 Å². The van der Waals surface area contributed by atoms with Gasteiger partial charge in [0.2, 0.25) is 0 Å².